The minimum absolute atomic E-state index is 0.102. The number of carboxylic acids is 1. The molecule has 0 unspecified atom stereocenters. The summed E-state index contributed by atoms with van der Waals surface area (Å²) >= 11 is 0. The molecule has 0 saturated carbocycles. The van der Waals surface area contributed by atoms with Crippen LogP contribution in [-0.4, -0.2) is 32.7 Å². The molecule has 1 amide bonds. The van der Waals surface area contributed by atoms with Crippen LogP contribution in [0.3, 0.4) is 0 Å². The van der Waals surface area contributed by atoms with Gasteiger partial charge in [-0.2, -0.15) is 4.98 Å². The number of carbonyl (C=O) groups is 2. The lowest BCUT2D eigenvalue weighted by atomic mass is 9.88. The molecule has 0 fully saturated rings. The Balaban J connectivity index is 1.91. The van der Waals surface area contributed by atoms with Gasteiger partial charge in [-0.1, -0.05) is 19.0 Å². The van der Waals surface area contributed by atoms with Crippen LogP contribution < -0.4 is 5.32 Å². The van der Waals surface area contributed by atoms with Gasteiger partial charge in [-0.05, 0) is 25.0 Å². The molecule has 0 aliphatic carbocycles. The number of amides is 1. The van der Waals surface area contributed by atoms with Gasteiger partial charge in [0.15, 0.2) is 5.76 Å². The summed E-state index contributed by atoms with van der Waals surface area (Å²) < 4.78 is 10.3. The van der Waals surface area contributed by atoms with E-state index in [4.69, 9.17) is 14.0 Å². The number of carbonyl (C=O) groups excluding carboxylic acids is 1. The van der Waals surface area contributed by atoms with Crippen LogP contribution in [0, 0.1) is 0 Å². The molecule has 130 valence electrons. The van der Waals surface area contributed by atoms with Crippen molar-refractivity contribution in [3.05, 3.63) is 24.3 Å². The Hall–Kier alpha value is -2.64. The van der Waals surface area contributed by atoms with Gasteiger partial charge in [-0.15, -0.1) is 0 Å². The van der Waals surface area contributed by atoms with E-state index in [9.17, 15) is 9.59 Å². The Bertz CT molecular complexity index is 674. The number of aliphatic carboxylic acids is 1. The third-order valence-corrected chi connectivity index (χ3v) is 4.02. The lowest BCUT2D eigenvalue weighted by molar-refractivity contribution is -0.139. The summed E-state index contributed by atoms with van der Waals surface area (Å²) in [5.74, 6) is -0.0188. The summed E-state index contributed by atoms with van der Waals surface area (Å²) in [5.41, 5.74) is -0.725. The van der Waals surface area contributed by atoms with E-state index in [2.05, 4.69) is 15.5 Å². The fourth-order valence-electron chi connectivity index (χ4n) is 2.45. The predicted octanol–water partition coefficient (Wildman–Crippen LogP) is 2.41. The van der Waals surface area contributed by atoms with Crippen LogP contribution in [-0.2, 0) is 16.0 Å². The summed E-state index contributed by atoms with van der Waals surface area (Å²) in [6.45, 7) is 3.72. The van der Waals surface area contributed by atoms with Gasteiger partial charge in [0.2, 0.25) is 17.6 Å². The first kappa shape index (κ1) is 17.7. The number of nitrogens with one attached hydrogen (secondary N) is 1. The number of aromatic nitrogens is 2. The molecule has 2 N–H and O–H groups in total. The van der Waals surface area contributed by atoms with E-state index in [-0.39, 0.29) is 25.2 Å². The smallest absolute Gasteiger partial charge is 0.305 e. The van der Waals surface area contributed by atoms with Crippen molar-refractivity contribution in [2.75, 3.05) is 0 Å². The van der Waals surface area contributed by atoms with Crippen LogP contribution in [0.25, 0.3) is 11.6 Å². The summed E-state index contributed by atoms with van der Waals surface area (Å²) in [5, 5.41) is 15.7. The lowest BCUT2D eigenvalue weighted by Gasteiger charge is -2.31. The zero-order chi connectivity index (χ0) is 17.6. The van der Waals surface area contributed by atoms with E-state index in [1.807, 2.05) is 13.8 Å². The largest absolute Gasteiger partial charge is 0.481 e. The van der Waals surface area contributed by atoms with Crippen molar-refractivity contribution in [3.63, 3.8) is 0 Å². The standard InChI is InChI=1S/C16H21N3O5/c1-3-16(4-2,10-14(21)22)18-12(20)7-8-13-17-15(19-24-13)11-6-5-9-23-11/h5-6,9H,3-4,7-8,10H2,1-2H3,(H,18,20)(H,21,22). The average Bonchev–Trinajstić information content (AvgIpc) is 3.22. The molecule has 2 aromatic heterocycles. The second-order valence-corrected chi connectivity index (χ2v) is 5.60. The van der Waals surface area contributed by atoms with Gasteiger partial charge in [0.05, 0.1) is 12.7 Å². The minimum Gasteiger partial charge on any atom is -0.481 e. The first-order chi connectivity index (χ1) is 11.5. The molecule has 0 saturated heterocycles. The Labute approximate surface area is 139 Å². The average molecular weight is 335 g/mol. The summed E-state index contributed by atoms with van der Waals surface area (Å²) in [7, 11) is 0. The minimum atomic E-state index is -0.931. The molecule has 24 heavy (non-hydrogen) atoms. The lowest BCUT2D eigenvalue weighted by Crippen LogP contribution is -2.49. The summed E-state index contributed by atoms with van der Waals surface area (Å²) in [6, 6.07) is 3.43. The highest BCUT2D eigenvalue weighted by Gasteiger charge is 2.30. The SMILES string of the molecule is CCC(CC)(CC(=O)O)NC(=O)CCc1nc(-c2ccco2)no1. The molecule has 8 heteroatoms. The van der Waals surface area contributed by atoms with E-state index < -0.39 is 11.5 Å². The van der Waals surface area contributed by atoms with E-state index in [0.717, 1.165) is 0 Å². The Morgan fingerprint density at radius 2 is 2.08 bits per heavy atom. The Kier molecular flexibility index (Phi) is 5.73. The molecule has 0 spiro atoms. The van der Waals surface area contributed by atoms with Crippen molar-refractivity contribution in [3.8, 4) is 11.6 Å². The molecule has 2 rings (SSSR count). The molecule has 0 bridgehead atoms. The van der Waals surface area contributed by atoms with Crippen molar-refractivity contribution in [2.24, 2.45) is 0 Å². The highest BCUT2D eigenvalue weighted by molar-refractivity contribution is 5.78. The van der Waals surface area contributed by atoms with E-state index in [0.29, 0.717) is 30.3 Å². The predicted molar refractivity (Wildman–Crippen MR) is 84.0 cm³/mol. The second-order valence-electron chi connectivity index (χ2n) is 5.60. The normalized spacial score (nSPS) is 11.4. The molecule has 8 nitrogen and oxygen atoms in total. The van der Waals surface area contributed by atoms with Crippen LogP contribution in [0.2, 0.25) is 0 Å². The number of rotatable bonds is 9. The van der Waals surface area contributed by atoms with Crippen molar-refractivity contribution in [1.29, 1.82) is 0 Å². The van der Waals surface area contributed by atoms with Gasteiger partial charge in [0.1, 0.15) is 0 Å². The van der Waals surface area contributed by atoms with E-state index in [1.165, 1.54) is 6.26 Å². The molecule has 0 radical (unpaired) electrons. The van der Waals surface area contributed by atoms with E-state index >= 15 is 0 Å². The van der Waals surface area contributed by atoms with Crippen LogP contribution in [0.15, 0.2) is 27.3 Å². The first-order valence-electron chi connectivity index (χ1n) is 7.87. The van der Waals surface area contributed by atoms with Crippen molar-refractivity contribution >= 4 is 11.9 Å². The van der Waals surface area contributed by atoms with Gasteiger partial charge in [-0.3, -0.25) is 9.59 Å². The summed E-state index contributed by atoms with van der Waals surface area (Å²) in [4.78, 5) is 27.3. The molecule has 0 aliphatic heterocycles. The van der Waals surface area contributed by atoms with Gasteiger partial charge < -0.3 is 19.4 Å². The van der Waals surface area contributed by atoms with Gasteiger partial charge in [0.25, 0.3) is 0 Å². The second kappa shape index (κ2) is 7.76. The van der Waals surface area contributed by atoms with E-state index in [1.54, 1.807) is 12.1 Å². The third-order valence-electron chi connectivity index (χ3n) is 4.02. The molecule has 0 aromatic carbocycles. The zero-order valence-corrected chi connectivity index (χ0v) is 13.7. The van der Waals surface area contributed by atoms with Crippen molar-refractivity contribution < 1.29 is 23.6 Å². The monoisotopic (exact) mass is 335 g/mol. The fraction of sp³-hybridized carbons (Fsp3) is 0.500. The topological polar surface area (TPSA) is 118 Å². The quantitative estimate of drug-likeness (QED) is 0.722. The fourth-order valence-corrected chi connectivity index (χ4v) is 2.45. The van der Waals surface area contributed by atoms with Crippen LogP contribution in [0.5, 0.6) is 0 Å². The van der Waals surface area contributed by atoms with Gasteiger partial charge in [0, 0.05) is 18.4 Å². The highest BCUT2D eigenvalue weighted by Crippen LogP contribution is 2.20. The van der Waals surface area contributed by atoms with Crippen LogP contribution in [0.1, 0.15) is 45.4 Å². The molecule has 0 atom stereocenters. The van der Waals surface area contributed by atoms with Gasteiger partial charge in [-0.25, -0.2) is 0 Å². The molecule has 0 aliphatic rings. The molecule has 2 heterocycles. The first-order valence-corrected chi connectivity index (χ1v) is 7.87. The van der Waals surface area contributed by atoms with Crippen LogP contribution in [0.4, 0.5) is 0 Å². The number of aryl methyl sites for hydroxylation is 1. The number of hydrogen-bond donors (Lipinski definition) is 2. The van der Waals surface area contributed by atoms with Crippen molar-refractivity contribution in [2.45, 2.75) is 51.5 Å². The Morgan fingerprint density at radius 1 is 1.33 bits per heavy atom. The maximum atomic E-state index is 12.2. The maximum absolute atomic E-state index is 12.2. The maximum Gasteiger partial charge on any atom is 0.305 e. The van der Waals surface area contributed by atoms with Crippen LogP contribution >= 0.6 is 0 Å². The third kappa shape index (κ3) is 4.43. The number of carboxylic acid groups (broad SMARTS) is 1. The number of nitrogens with zero attached hydrogens (tertiary/aromatic N) is 2. The molecular formula is C16H21N3O5. The molecular weight excluding hydrogens is 314 g/mol. The Morgan fingerprint density at radius 3 is 2.67 bits per heavy atom. The van der Waals surface area contributed by atoms with Gasteiger partial charge >= 0.3 is 5.97 Å². The number of furan rings is 1. The zero-order valence-electron chi connectivity index (χ0n) is 13.7. The van der Waals surface area contributed by atoms with Crippen molar-refractivity contribution in [1.82, 2.24) is 15.5 Å². The number of hydrogen-bond acceptors (Lipinski definition) is 6. The summed E-state index contributed by atoms with van der Waals surface area (Å²) in [6.07, 6.45) is 2.91. The highest BCUT2D eigenvalue weighted by atomic mass is 16.5. The molecule has 2 aromatic rings.